The summed E-state index contributed by atoms with van der Waals surface area (Å²) in [5.74, 6) is -0.0454. The minimum absolute atomic E-state index is 0.0407. The van der Waals surface area contributed by atoms with Crippen molar-refractivity contribution in [1.82, 2.24) is 4.31 Å². The summed E-state index contributed by atoms with van der Waals surface area (Å²) >= 11 is 0. The molecular formula is C15H22FNO2S. The van der Waals surface area contributed by atoms with Crippen molar-refractivity contribution in [3.05, 3.63) is 29.6 Å². The van der Waals surface area contributed by atoms with Crippen LogP contribution in [0.4, 0.5) is 4.39 Å². The fourth-order valence-electron chi connectivity index (χ4n) is 2.75. The number of nitrogens with zero attached hydrogens (tertiary/aromatic N) is 1. The summed E-state index contributed by atoms with van der Waals surface area (Å²) in [6.07, 6.45) is 5.77. The first-order valence-electron chi connectivity index (χ1n) is 7.14. The van der Waals surface area contributed by atoms with Crippen LogP contribution in [0.5, 0.6) is 0 Å². The lowest BCUT2D eigenvalue weighted by Gasteiger charge is -2.26. The Morgan fingerprint density at radius 2 is 1.90 bits per heavy atom. The molecule has 3 nitrogen and oxygen atoms in total. The molecule has 20 heavy (non-hydrogen) atoms. The molecule has 0 radical (unpaired) electrons. The maximum Gasteiger partial charge on any atom is 0.242 e. The molecule has 5 heteroatoms. The minimum Gasteiger partial charge on any atom is -0.207 e. The van der Waals surface area contributed by atoms with Crippen molar-refractivity contribution >= 4 is 10.0 Å². The van der Waals surface area contributed by atoms with Gasteiger partial charge in [-0.1, -0.05) is 25.3 Å². The standard InChI is InChI=1S/C15H22FNO2S/c1-12-8-9-14(10-15(12)16)20(18,19)17(2)11-13-6-4-3-5-7-13/h8-10,13H,3-7,11H2,1-2H3. The third-order valence-electron chi connectivity index (χ3n) is 4.09. The van der Waals surface area contributed by atoms with E-state index in [1.165, 1.54) is 35.7 Å². The van der Waals surface area contributed by atoms with E-state index in [2.05, 4.69) is 0 Å². The van der Waals surface area contributed by atoms with Gasteiger partial charge in [0.1, 0.15) is 5.82 Å². The van der Waals surface area contributed by atoms with Gasteiger partial charge < -0.3 is 0 Å². The third kappa shape index (κ3) is 3.38. The molecule has 0 atom stereocenters. The fourth-order valence-corrected chi connectivity index (χ4v) is 4.00. The second-order valence-corrected chi connectivity index (χ2v) is 7.75. The van der Waals surface area contributed by atoms with Crippen LogP contribution >= 0.6 is 0 Å². The van der Waals surface area contributed by atoms with Gasteiger partial charge in [-0.3, -0.25) is 0 Å². The van der Waals surface area contributed by atoms with Gasteiger partial charge in [0.25, 0.3) is 0 Å². The molecule has 0 amide bonds. The monoisotopic (exact) mass is 299 g/mol. The number of benzene rings is 1. The number of hydrogen-bond acceptors (Lipinski definition) is 2. The van der Waals surface area contributed by atoms with E-state index in [4.69, 9.17) is 0 Å². The van der Waals surface area contributed by atoms with Crippen molar-refractivity contribution in [2.45, 2.75) is 43.9 Å². The Kier molecular flexibility index (Phi) is 4.81. The zero-order valence-electron chi connectivity index (χ0n) is 12.1. The third-order valence-corrected chi connectivity index (χ3v) is 5.91. The molecule has 1 aliphatic carbocycles. The van der Waals surface area contributed by atoms with Crippen LogP contribution in [0.25, 0.3) is 0 Å². The molecule has 1 aliphatic rings. The topological polar surface area (TPSA) is 37.4 Å². The molecule has 0 N–H and O–H groups in total. The van der Waals surface area contributed by atoms with Crippen molar-refractivity contribution in [2.24, 2.45) is 5.92 Å². The zero-order chi connectivity index (χ0) is 14.8. The Labute approximate surface area is 120 Å². The molecule has 2 rings (SSSR count). The van der Waals surface area contributed by atoms with Crippen molar-refractivity contribution in [3.63, 3.8) is 0 Å². The number of aryl methyl sites for hydroxylation is 1. The Hall–Kier alpha value is -0.940. The Bertz CT molecular complexity index is 565. The predicted octanol–water partition coefficient (Wildman–Crippen LogP) is 3.33. The molecule has 0 saturated heterocycles. The van der Waals surface area contributed by atoms with E-state index in [1.54, 1.807) is 14.0 Å². The van der Waals surface area contributed by atoms with Crippen molar-refractivity contribution in [3.8, 4) is 0 Å². The summed E-state index contributed by atoms with van der Waals surface area (Å²) in [5.41, 5.74) is 0.457. The quantitative estimate of drug-likeness (QED) is 0.855. The molecule has 0 unspecified atom stereocenters. The molecule has 1 aromatic rings. The Balaban J connectivity index is 2.13. The van der Waals surface area contributed by atoms with Gasteiger partial charge in [0.2, 0.25) is 10.0 Å². The minimum atomic E-state index is -3.58. The number of hydrogen-bond donors (Lipinski definition) is 0. The van der Waals surface area contributed by atoms with Crippen LogP contribution in [0, 0.1) is 18.7 Å². The summed E-state index contributed by atoms with van der Waals surface area (Å²) in [5, 5.41) is 0. The molecule has 112 valence electrons. The van der Waals surface area contributed by atoms with Crippen molar-refractivity contribution in [2.75, 3.05) is 13.6 Å². The average Bonchev–Trinajstić information content (AvgIpc) is 2.42. The number of sulfonamides is 1. The van der Waals surface area contributed by atoms with E-state index in [0.29, 0.717) is 18.0 Å². The maximum absolute atomic E-state index is 13.5. The van der Waals surface area contributed by atoms with E-state index in [1.807, 2.05) is 0 Å². The summed E-state index contributed by atoms with van der Waals surface area (Å²) in [6.45, 7) is 2.15. The molecule has 0 spiro atoms. The van der Waals surface area contributed by atoms with Crippen LogP contribution < -0.4 is 0 Å². The Morgan fingerprint density at radius 3 is 2.50 bits per heavy atom. The van der Waals surface area contributed by atoms with E-state index in [-0.39, 0.29) is 4.90 Å². The molecule has 0 aromatic heterocycles. The lowest BCUT2D eigenvalue weighted by molar-refractivity contribution is 0.300. The van der Waals surface area contributed by atoms with Gasteiger partial charge in [-0.05, 0) is 43.4 Å². The molecule has 0 aliphatic heterocycles. The Morgan fingerprint density at radius 1 is 1.25 bits per heavy atom. The zero-order valence-corrected chi connectivity index (χ0v) is 12.9. The van der Waals surface area contributed by atoms with Crippen LogP contribution in [0.15, 0.2) is 23.1 Å². The van der Waals surface area contributed by atoms with E-state index < -0.39 is 15.8 Å². The molecule has 1 saturated carbocycles. The highest BCUT2D eigenvalue weighted by Crippen LogP contribution is 2.26. The average molecular weight is 299 g/mol. The lowest BCUT2D eigenvalue weighted by Crippen LogP contribution is -2.32. The van der Waals surface area contributed by atoms with E-state index in [0.717, 1.165) is 18.9 Å². The molecule has 1 fully saturated rings. The summed E-state index contributed by atoms with van der Waals surface area (Å²) < 4.78 is 39.8. The van der Waals surface area contributed by atoms with Gasteiger partial charge in [0, 0.05) is 13.6 Å². The van der Waals surface area contributed by atoms with E-state index >= 15 is 0 Å². The summed E-state index contributed by atoms with van der Waals surface area (Å²) in [4.78, 5) is 0.0407. The van der Waals surface area contributed by atoms with Crippen LogP contribution in [0.2, 0.25) is 0 Å². The largest absolute Gasteiger partial charge is 0.242 e. The molecule has 0 bridgehead atoms. The van der Waals surface area contributed by atoms with Crippen molar-refractivity contribution < 1.29 is 12.8 Å². The summed E-state index contributed by atoms with van der Waals surface area (Å²) in [6, 6.07) is 4.10. The van der Waals surface area contributed by atoms with Crippen LogP contribution in [-0.2, 0) is 10.0 Å². The van der Waals surface area contributed by atoms with Gasteiger partial charge in [-0.25, -0.2) is 17.1 Å². The van der Waals surface area contributed by atoms with Crippen LogP contribution in [-0.4, -0.2) is 26.3 Å². The van der Waals surface area contributed by atoms with Gasteiger partial charge in [-0.2, -0.15) is 0 Å². The molecule has 0 heterocycles. The first-order chi connectivity index (χ1) is 9.41. The van der Waals surface area contributed by atoms with Gasteiger partial charge >= 0.3 is 0 Å². The lowest BCUT2D eigenvalue weighted by atomic mass is 9.89. The number of halogens is 1. The van der Waals surface area contributed by atoms with Crippen molar-refractivity contribution in [1.29, 1.82) is 0 Å². The first kappa shape index (κ1) is 15.4. The fraction of sp³-hybridized carbons (Fsp3) is 0.600. The maximum atomic E-state index is 13.5. The van der Waals surface area contributed by atoms with E-state index in [9.17, 15) is 12.8 Å². The van der Waals surface area contributed by atoms with Crippen LogP contribution in [0.3, 0.4) is 0 Å². The second kappa shape index (κ2) is 6.22. The van der Waals surface area contributed by atoms with Gasteiger partial charge in [-0.15, -0.1) is 0 Å². The highest BCUT2D eigenvalue weighted by atomic mass is 32.2. The molecule has 1 aromatic carbocycles. The summed E-state index contributed by atoms with van der Waals surface area (Å²) in [7, 11) is -2.00. The first-order valence-corrected chi connectivity index (χ1v) is 8.58. The van der Waals surface area contributed by atoms with Gasteiger partial charge in [0.05, 0.1) is 4.90 Å². The SMILES string of the molecule is Cc1ccc(S(=O)(=O)N(C)CC2CCCCC2)cc1F. The molecular weight excluding hydrogens is 277 g/mol. The highest BCUT2D eigenvalue weighted by molar-refractivity contribution is 7.89. The smallest absolute Gasteiger partial charge is 0.207 e. The number of rotatable bonds is 4. The second-order valence-electron chi connectivity index (χ2n) is 5.70. The highest BCUT2D eigenvalue weighted by Gasteiger charge is 2.25. The normalized spacial score (nSPS) is 17.6. The van der Waals surface area contributed by atoms with Gasteiger partial charge in [0.15, 0.2) is 0 Å². The predicted molar refractivity (Wildman–Crippen MR) is 77.5 cm³/mol. The van der Waals surface area contributed by atoms with Crippen LogP contribution in [0.1, 0.15) is 37.7 Å².